The zero-order chi connectivity index (χ0) is 10.6. The molecule has 78 valence electrons. The van der Waals surface area contributed by atoms with E-state index in [-0.39, 0.29) is 11.9 Å². The molecule has 0 bridgehead atoms. The van der Waals surface area contributed by atoms with Gasteiger partial charge in [-0.3, -0.25) is 4.79 Å². The lowest BCUT2D eigenvalue weighted by Crippen LogP contribution is -2.60. The molecule has 0 radical (unpaired) electrons. The van der Waals surface area contributed by atoms with Crippen LogP contribution in [0.25, 0.3) is 0 Å². The molecule has 1 unspecified atom stereocenters. The zero-order valence-electron chi connectivity index (χ0n) is 8.68. The summed E-state index contributed by atoms with van der Waals surface area (Å²) in [6.07, 6.45) is 9.69. The van der Waals surface area contributed by atoms with Gasteiger partial charge in [0, 0.05) is 0 Å². The van der Waals surface area contributed by atoms with Crippen molar-refractivity contribution in [3.8, 4) is 12.3 Å². The molecule has 1 rings (SSSR count). The van der Waals surface area contributed by atoms with Crippen LogP contribution in [0.4, 0.5) is 0 Å². The third-order valence-electron chi connectivity index (χ3n) is 2.78. The van der Waals surface area contributed by atoms with Gasteiger partial charge in [0.2, 0.25) is 5.91 Å². The summed E-state index contributed by atoms with van der Waals surface area (Å²) in [6, 6.07) is -0.159. The normalized spacial score (nSPS) is 20.4. The van der Waals surface area contributed by atoms with E-state index >= 15 is 0 Å². The Balaban J connectivity index is 2.43. The Labute approximate surface area is 85.4 Å². The molecule has 0 spiro atoms. The predicted molar refractivity (Wildman–Crippen MR) is 56.4 cm³/mol. The van der Waals surface area contributed by atoms with Crippen LogP contribution in [-0.4, -0.2) is 17.5 Å². The van der Waals surface area contributed by atoms with Gasteiger partial charge in [-0.15, -0.1) is 6.42 Å². The van der Waals surface area contributed by atoms with E-state index in [1.54, 1.807) is 0 Å². The van der Waals surface area contributed by atoms with Gasteiger partial charge in [-0.25, -0.2) is 0 Å². The maximum atomic E-state index is 11.7. The van der Waals surface area contributed by atoms with Crippen LogP contribution in [0.15, 0.2) is 0 Å². The van der Waals surface area contributed by atoms with E-state index in [0.717, 1.165) is 32.1 Å². The summed E-state index contributed by atoms with van der Waals surface area (Å²) in [4.78, 5) is 11.7. The van der Waals surface area contributed by atoms with Crippen molar-refractivity contribution < 1.29 is 4.79 Å². The minimum absolute atomic E-state index is 0.0832. The number of nitrogens with two attached hydrogens (primary N) is 1. The van der Waals surface area contributed by atoms with Crippen LogP contribution in [0.2, 0.25) is 0 Å². The Kier molecular flexibility index (Phi) is 3.54. The van der Waals surface area contributed by atoms with E-state index in [0.29, 0.717) is 0 Å². The minimum atomic E-state index is -0.636. The molecule has 1 saturated carbocycles. The van der Waals surface area contributed by atoms with Crippen LogP contribution >= 0.6 is 0 Å². The number of nitrogens with one attached hydrogen (secondary N) is 1. The van der Waals surface area contributed by atoms with Gasteiger partial charge in [0.15, 0.2) is 0 Å². The standard InChI is InChI=1S/C11H18N2O/c1-3-6-9(4-2)13-10(14)11(12)7-5-8-11/h2,9H,3,5-8,12H2,1H3,(H,13,14). The van der Waals surface area contributed by atoms with Crippen LogP contribution in [-0.2, 0) is 4.79 Å². The maximum absolute atomic E-state index is 11.7. The van der Waals surface area contributed by atoms with Crippen LogP contribution < -0.4 is 11.1 Å². The number of hydrogen-bond donors (Lipinski definition) is 2. The molecule has 3 nitrogen and oxygen atoms in total. The molecule has 1 atom stereocenters. The van der Waals surface area contributed by atoms with E-state index < -0.39 is 5.54 Å². The molecule has 0 aromatic heterocycles. The van der Waals surface area contributed by atoms with Crippen molar-refractivity contribution in [2.75, 3.05) is 0 Å². The van der Waals surface area contributed by atoms with Crippen LogP contribution in [0.3, 0.4) is 0 Å². The van der Waals surface area contributed by atoms with Gasteiger partial charge < -0.3 is 11.1 Å². The summed E-state index contributed by atoms with van der Waals surface area (Å²) >= 11 is 0. The lowest BCUT2D eigenvalue weighted by Gasteiger charge is -2.36. The molecule has 0 aromatic carbocycles. The molecule has 3 heteroatoms. The van der Waals surface area contributed by atoms with Gasteiger partial charge in [-0.05, 0) is 25.7 Å². The van der Waals surface area contributed by atoms with Gasteiger partial charge in [-0.2, -0.15) is 0 Å². The van der Waals surface area contributed by atoms with Crippen molar-refractivity contribution in [2.24, 2.45) is 5.73 Å². The molecule has 3 N–H and O–H groups in total. The Hall–Kier alpha value is -1.01. The Morgan fingerprint density at radius 3 is 2.71 bits per heavy atom. The van der Waals surface area contributed by atoms with Gasteiger partial charge in [0.1, 0.15) is 0 Å². The average Bonchev–Trinajstić information content (AvgIpc) is 2.13. The van der Waals surface area contributed by atoms with E-state index in [1.807, 2.05) is 6.92 Å². The highest BCUT2D eigenvalue weighted by Crippen LogP contribution is 2.29. The second-order valence-corrected chi connectivity index (χ2v) is 3.99. The molecule has 0 heterocycles. The highest BCUT2D eigenvalue weighted by Gasteiger charge is 2.40. The Morgan fingerprint density at radius 1 is 1.71 bits per heavy atom. The Morgan fingerprint density at radius 2 is 2.36 bits per heavy atom. The number of hydrogen-bond acceptors (Lipinski definition) is 2. The van der Waals surface area contributed by atoms with Crippen LogP contribution in [0.5, 0.6) is 0 Å². The summed E-state index contributed by atoms with van der Waals surface area (Å²) in [7, 11) is 0. The number of carbonyl (C=O) groups excluding carboxylic acids is 1. The summed E-state index contributed by atoms with van der Waals surface area (Å²) < 4.78 is 0. The third kappa shape index (κ3) is 2.27. The fourth-order valence-corrected chi connectivity index (χ4v) is 1.57. The molecule has 1 fully saturated rings. The first-order valence-corrected chi connectivity index (χ1v) is 5.18. The minimum Gasteiger partial charge on any atom is -0.341 e. The molecule has 1 amide bonds. The fraction of sp³-hybridized carbons (Fsp3) is 0.727. The molecule has 14 heavy (non-hydrogen) atoms. The van der Waals surface area contributed by atoms with E-state index in [1.165, 1.54) is 0 Å². The van der Waals surface area contributed by atoms with Crippen molar-refractivity contribution in [1.29, 1.82) is 0 Å². The van der Waals surface area contributed by atoms with Crippen molar-refractivity contribution >= 4 is 5.91 Å². The van der Waals surface area contributed by atoms with Gasteiger partial charge in [0.25, 0.3) is 0 Å². The summed E-state index contributed by atoms with van der Waals surface area (Å²) in [6.45, 7) is 2.04. The molecule has 0 aliphatic heterocycles. The number of amides is 1. The highest BCUT2D eigenvalue weighted by atomic mass is 16.2. The van der Waals surface area contributed by atoms with Gasteiger partial charge in [0.05, 0.1) is 11.6 Å². The fourth-order valence-electron chi connectivity index (χ4n) is 1.57. The van der Waals surface area contributed by atoms with Gasteiger partial charge in [-0.1, -0.05) is 19.3 Å². The first-order valence-electron chi connectivity index (χ1n) is 5.18. The van der Waals surface area contributed by atoms with Crippen molar-refractivity contribution in [1.82, 2.24) is 5.32 Å². The first-order chi connectivity index (χ1) is 6.62. The molecule has 1 aliphatic carbocycles. The van der Waals surface area contributed by atoms with Crippen molar-refractivity contribution in [3.05, 3.63) is 0 Å². The first kappa shape index (κ1) is 11.1. The van der Waals surface area contributed by atoms with Crippen LogP contribution in [0.1, 0.15) is 39.0 Å². The SMILES string of the molecule is C#CC(CCC)NC(=O)C1(N)CCC1. The topological polar surface area (TPSA) is 55.1 Å². The maximum Gasteiger partial charge on any atom is 0.241 e. The quantitative estimate of drug-likeness (QED) is 0.650. The van der Waals surface area contributed by atoms with Gasteiger partial charge >= 0.3 is 0 Å². The monoisotopic (exact) mass is 194 g/mol. The van der Waals surface area contributed by atoms with Crippen molar-refractivity contribution in [2.45, 2.75) is 50.6 Å². The lowest BCUT2D eigenvalue weighted by molar-refractivity contribution is -0.129. The molecular weight excluding hydrogens is 176 g/mol. The number of carbonyl (C=O) groups is 1. The van der Waals surface area contributed by atoms with Crippen LogP contribution in [0, 0.1) is 12.3 Å². The summed E-state index contributed by atoms with van der Waals surface area (Å²) in [5, 5.41) is 2.81. The highest BCUT2D eigenvalue weighted by molar-refractivity contribution is 5.87. The Bertz CT molecular complexity index is 251. The largest absolute Gasteiger partial charge is 0.341 e. The van der Waals surface area contributed by atoms with E-state index in [2.05, 4.69) is 11.2 Å². The predicted octanol–water partition coefficient (Wildman–Crippen LogP) is 0.786. The number of terminal acetylenes is 1. The second kappa shape index (κ2) is 4.47. The lowest BCUT2D eigenvalue weighted by atomic mass is 9.77. The smallest absolute Gasteiger partial charge is 0.241 e. The molecule has 0 saturated heterocycles. The van der Waals surface area contributed by atoms with E-state index in [4.69, 9.17) is 12.2 Å². The number of rotatable bonds is 4. The third-order valence-corrected chi connectivity index (χ3v) is 2.78. The molecule has 1 aliphatic rings. The van der Waals surface area contributed by atoms with E-state index in [9.17, 15) is 4.79 Å². The summed E-state index contributed by atoms with van der Waals surface area (Å²) in [5.74, 6) is 2.48. The average molecular weight is 194 g/mol. The molecular formula is C11H18N2O. The zero-order valence-corrected chi connectivity index (χ0v) is 8.68. The molecule has 0 aromatic rings. The second-order valence-electron chi connectivity index (χ2n) is 3.99. The van der Waals surface area contributed by atoms with Crippen molar-refractivity contribution in [3.63, 3.8) is 0 Å². The summed E-state index contributed by atoms with van der Waals surface area (Å²) in [5.41, 5.74) is 5.23.